The van der Waals surface area contributed by atoms with Gasteiger partial charge in [-0.3, -0.25) is 14.6 Å². The molecule has 1 fully saturated rings. The van der Waals surface area contributed by atoms with E-state index in [9.17, 15) is 4.79 Å². The number of halogens is 1. The fraction of sp³-hybridized carbons (Fsp3) is 0.333. The van der Waals surface area contributed by atoms with Crippen molar-refractivity contribution in [2.75, 3.05) is 44.3 Å². The molecule has 2 aromatic heterocycles. The normalized spacial score (nSPS) is 14.9. The molecule has 0 bridgehead atoms. The van der Waals surface area contributed by atoms with Crippen molar-refractivity contribution in [1.29, 1.82) is 0 Å². The SMILES string of the molecule is Cc1ccc(Cl)c2sc(N(CCCN3CCOCC3)C(=O)c3c[nH]c4ccccc34)nc12. The molecule has 0 spiro atoms. The number of H-pyrrole nitrogens is 1. The first kappa shape index (κ1) is 21.4. The first-order valence-corrected chi connectivity index (χ1v) is 12.0. The molecule has 5 rings (SSSR count). The first-order valence-electron chi connectivity index (χ1n) is 10.9. The molecule has 166 valence electrons. The maximum Gasteiger partial charge on any atom is 0.262 e. The second kappa shape index (κ2) is 9.19. The average molecular weight is 469 g/mol. The van der Waals surface area contributed by atoms with Crippen LogP contribution in [0.4, 0.5) is 5.13 Å². The van der Waals surface area contributed by atoms with Crippen LogP contribution in [0.25, 0.3) is 21.1 Å². The summed E-state index contributed by atoms with van der Waals surface area (Å²) in [6.45, 7) is 6.95. The Morgan fingerprint density at radius 2 is 2.06 bits per heavy atom. The van der Waals surface area contributed by atoms with Crippen LogP contribution in [0, 0.1) is 6.92 Å². The van der Waals surface area contributed by atoms with Crippen molar-refractivity contribution in [2.24, 2.45) is 0 Å². The zero-order valence-electron chi connectivity index (χ0n) is 17.9. The van der Waals surface area contributed by atoms with Crippen molar-refractivity contribution in [1.82, 2.24) is 14.9 Å². The van der Waals surface area contributed by atoms with Gasteiger partial charge in [-0.05, 0) is 31.0 Å². The fourth-order valence-corrected chi connectivity index (χ4v) is 5.50. The molecule has 4 aromatic rings. The van der Waals surface area contributed by atoms with Crippen molar-refractivity contribution < 1.29 is 9.53 Å². The van der Waals surface area contributed by atoms with Gasteiger partial charge in [-0.2, -0.15) is 0 Å². The lowest BCUT2D eigenvalue weighted by molar-refractivity contribution is 0.0376. The quantitative estimate of drug-likeness (QED) is 0.427. The van der Waals surface area contributed by atoms with Crippen LogP contribution >= 0.6 is 22.9 Å². The molecule has 1 saturated heterocycles. The predicted octanol–water partition coefficient (Wildman–Crippen LogP) is 5.11. The van der Waals surface area contributed by atoms with Gasteiger partial charge in [-0.15, -0.1) is 0 Å². The summed E-state index contributed by atoms with van der Waals surface area (Å²) < 4.78 is 6.37. The molecule has 0 saturated carbocycles. The number of amides is 1. The van der Waals surface area contributed by atoms with Gasteiger partial charge in [0.2, 0.25) is 0 Å². The van der Waals surface area contributed by atoms with Gasteiger partial charge in [0, 0.05) is 43.3 Å². The van der Waals surface area contributed by atoms with Gasteiger partial charge >= 0.3 is 0 Å². The summed E-state index contributed by atoms with van der Waals surface area (Å²) in [5.41, 5.74) is 3.53. The number of thiazole rings is 1. The Kier molecular flexibility index (Phi) is 6.15. The van der Waals surface area contributed by atoms with E-state index in [2.05, 4.69) is 9.88 Å². The zero-order chi connectivity index (χ0) is 22.1. The van der Waals surface area contributed by atoms with Crippen molar-refractivity contribution in [2.45, 2.75) is 13.3 Å². The summed E-state index contributed by atoms with van der Waals surface area (Å²) in [6.07, 6.45) is 2.66. The van der Waals surface area contributed by atoms with Crippen molar-refractivity contribution >= 4 is 55.1 Å². The predicted molar refractivity (Wildman–Crippen MR) is 131 cm³/mol. The Morgan fingerprint density at radius 3 is 2.88 bits per heavy atom. The zero-order valence-corrected chi connectivity index (χ0v) is 19.5. The highest BCUT2D eigenvalue weighted by atomic mass is 35.5. The largest absolute Gasteiger partial charge is 0.379 e. The number of aryl methyl sites for hydroxylation is 1. The van der Waals surface area contributed by atoms with Gasteiger partial charge in [0.05, 0.1) is 34.0 Å². The molecule has 1 aliphatic rings. The number of carbonyl (C=O) groups excluding carboxylic acids is 1. The number of hydrogen-bond donors (Lipinski definition) is 1. The lowest BCUT2D eigenvalue weighted by atomic mass is 10.1. The lowest BCUT2D eigenvalue weighted by Crippen LogP contribution is -2.39. The number of fused-ring (bicyclic) bond motifs is 2. The first-order chi connectivity index (χ1) is 15.6. The van der Waals surface area contributed by atoms with Gasteiger partial charge in [0.25, 0.3) is 5.91 Å². The molecule has 0 aliphatic carbocycles. The Labute approximate surface area is 195 Å². The number of aromatic amines is 1. The highest BCUT2D eigenvalue weighted by Gasteiger charge is 2.25. The van der Waals surface area contributed by atoms with E-state index in [1.807, 2.05) is 48.2 Å². The maximum atomic E-state index is 13.8. The number of anilines is 1. The standard InChI is InChI=1S/C24H25ClN4O2S/c1-16-7-8-19(25)22-21(16)27-24(32-22)29(10-4-9-28-11-13-31-14-12-28)23(30)18-15-26-20-6-3-2-5-17(18)20/h2-3,5-8,15,26H,4,9-14H2,1H3. The molecule has 1 amide bonds. The summed E-state index contributed by atoms with van der Waals surface area (Å²) in [7, 11) is 0. The fourth-order valence-electron chi connectivity index (χ4n) is 4.16. The number of para-hydroxylation sites is 1. The number of ether oxygens (including phenoxy) is 1. The molecule has 0 radical (unpaired) electrons. The van der Waals surface area contributed by atoms with Gasteiger partial charge in [-0.1, -0.05) is 47.2 Å². The molecule has 32 heavy (non-hydrogen) atoms. The Hall–Kier alpha value is -2.45. The van der Waals surface area contributed by atoms with Crippen LogP contribution in [0.3, 0.4) is 0 Å². The molecule has 8 heteroatoms. The van der Waals surface area contributed by atoms with E-state index in [0.29, 0.717) is 22.3 Å². The smallest absolute Gasteiger partial charge is 0.262 e. The molecular weight excluding hydrogens is 444 g/mol. The Bertz CT molecular complexity index is 1220. The topological polar surface area (TPSA) is 61.5 Å². The molecule has 1 aliphatic heterocycles. The molecule has 0 unspecified atom stereocenters. The van der Waals surface area contributed by atoms with Crippen LogP contribution in [-0.4, -0.2) is 60.2 Å². The number of morpholine rings is 1. The summed E-state index contributed by atoms with van der Waals surface area (Å²) in [5.74, 6) is -0.0442. The molecule has 2 aromatic carbocycles. The third-order valence-corrected chi connectivity index (χ3v) is 7.48. The van der Waals surface area contributed by atoms with Crippen LogP contribution < -0.4 is 4.90 Å². The van der Waals surface area contributed by atoms with Crippen molar-refractivity contribution in [3.63, 3.8) is 0 Å². The minimum Gasteiger partial charge on any atom is -0.379 e. The number of nitrogens with one attached hydrogen (secondary N) is 1. The second-order valence-electron chi connectivity index (χ2n) is 8.05. The minimum absolute atomic E-state index is 0.0442. The minimum atomic E-state index is -0.0442. The van der Waals surface area contributed by atoms with E-state index in [-0.39, 0.29) is 5.91 Å². The third kappa shape index (κ3) is 4.13. The number of aromatic nitrogens is 2. The van der Waals surface area contributed by atoms with Crippen LogP contribution in [0.2, 0.25) is 5.02 Å². The average Bonchev–Trinajstić information content (AvgIpc) is 3.45. The summed E-state index contributed by atoms with van der Waals surface area (Å²) in [5, 5.41) is 2.28. The van der Waals surface area contributed by atoms with Crippen molar-refractivity contribution in [3.8, 4) is 0 Å². The Morgan fingerprint density at radius 1 is 1.25 bits per heavy atom. The highest BCUT2D eigenvalue weighted by molar-refractivity contribution is 7.23. The van der Waals surface area contributed by atoms with E-state index in [1.165, 1.54) is 11.3 Å². The van der Waals surface area contributed by atoms with Crippen molar-refractivity contribution in [3.05, 3.63) is 58.7 Å². The van der Waals surface area contributed by atoms with Gasteiger partial charge in [-0.25, -0.2) is 4.98 Å². The number of benzene rings is 2. The Balaban J connectivity index is 1.47. The van der Waals surface area contributed by atoms with Crippen LogP contribution in [-0.2, 0) is 4.74 Å². The maximum absolute atomic E-state index is 13.8. The lowest BCUT2D eigenvalue weighted by Gasteiger charge is -2.27. The second-order valence-corrected chi connectivity index (χ2v) is 9.44. The van der Waals surface area contributed by atoms with Crippen LogP contribution in [0.1, 0.15) is 22.3 Å². The van der Waals surface area contributed by atoms with E-state index >= 15 is 0 Å². The molecule has 1 N–H and O–H groups in total. The summed E-state index contributed by atoms with van der Waals surface area (Å²) in [4.78, 5) is 26.0. The number of hydrogen-bond acceptors (Lipinski definition) is 5. The molecule has 6 nitrogen and oxygen atoms in total. The van der Waals surface area contributed by atoms with E-state index < -0.39 is 0 Å². The molecule has 0 atom stereocenters. The van der Waals surface area contributed by atoms with Gasteiger partial charge in [0.15, 0.2) is 5.13 Å². The summed E-state index contributed by atoms with van der Waals surface area (Å²) >= 11 is 7.94. The van der Waals surface area contributed by atoms with Crippen LogP contribution in [0.5, 0.6) is 0 Å². The number of nitrogens with zero attached hydrogens (tertiary/aromatic N) is 3. The van der Waals surface area contributed by atoms with E-state index in [4.69, 9.17) is 21.3 Å². The van der Waals surface area contributed by atoms with E-state index in [1.54, 1.807) is 6.20 Å². The number of rotatable bonds is 6. The summed E-state index contributed by atoms with van der Waals surface area (Å²) in [6, 6.07) is 11.7. The van der Waals surface area contributed by atoms with Gasteiger partial charge < -0.3 is 9.72 Å². The third-order valence-electron chi connectivity index (χ3n) is 5.94. The number of carbonyl (C=O) groups is 1. The van der Waals surface area contributed by atoms with E-state index in [0.717, 1.165) is 66.0 Å². The monoisotopic (exact) mass is 468 g/mol. The van der Waals surface area contributed by atoms with Crippen LogP contribution in [0.15, 0.2) is 42.6 Å². The highest BCUT2D eigenvalue weighted by Crippen LogP contribution is 2.36. The molecular formula is C24H25ClN4O2S. The molecule has 3 heterocycles. The van der Waals surface area contributed by atoms with Gasteiger partial charge in [0.1, 0.15) is 0 Å².